The molecular formula is C22H28F2N6O. The lowest BCUT2D eigenvalue weighted by atomic mass is 9.96. The fourth-order valence-corrected chi connectivity index (χ4v) is 4.23. The molecule has 7 nitrogen and oxygen atoms in total. The summed E-state index contributed by atoms with van der Waals surface area (Å²) in [5.41, 5.74) is 0.498. The van der Waals surface area contributed by atoms with Crippen molar-refractivity contribution in [2.24, 2.45) is 0 Å². The van der Waals surface area contributed by atoms with Crippen LogP contribution in [0.2, 0.25) is 0 Å². The molecule has 31 heavy (non-hydrogen) atoms. The van der Waals surface area contributed by atoms with Crippen LogP contribution < -0.4 is 16.0 Å². The quantitative estimate of drug-likeness (QED) is 0.457. The molecule has 0 unspecified atom stereocenters. The summed E-state index contributed by atoms with van der Waals surface area (Å²) in [5, 5.41) is 17.5. The number of halogens is 2. The predicted octanol–water partition coefficient (Wildman–Crippen LogP) is 4.67. The summed E-state index contributed by atoms with van der Waals surface area (Å²) in [7, 11) is 0. The zero-order valence-electron chi connectivity index (χ0n) is 17.4. The second-order valence-corrected chi connectivity index (χ2v) is 8.03. The van der Waals surface area contributed by atoms with Crippen LogP contribution in [0.15, 0.2) is 30.6 Å². The van der Waals surface area contributed by atoms with Crippen molar-refractivity contribution in [2.45, 2.75) is 50.6 Å². The van der Waals surface area contributed by atoms with E-state index in [1.54, 1.807) is 0 Å². The molecule has 4 rings (SSSR count). The van der Waals surface area contributed by atoms with Gasteiger partial charge in [0.15, 0.2) is 0 Å². The Kier molecular flexibility index (Phi) is 6.50. The maximum absolute atomic E-state index is 14.3. The third-order valence-electron chi connectivity index (χ3n) is 5.78. The molecule has 1 saturated carbocycles. The van der Waals surface area contributed by atoms with E-state index in [0.29, 0.717) is 42.5 Å². The van der Waals surface area contributed by atoms with Crippen LogP contribution in [0.25, 0.3) is 0 Å². The van der Waals surface area contributed by atoms with E-state index >= 15 is 0 Å². The normalized spacial score (nSPS) is 19.2. The van der Waals surface area contributed by atoms with Crippen LogP contribution in [-0.2, 0) is 4.74 Å². The van der Waals surface area contributed by atoms with E-state index in [1.165, 1.54) is 31.4 Å². The third-order valence-corrected chi connectivity index (χ3v) is 5.78. The second kappa shape index (κ2) is 9.47. The number of nitrogens with one attached hydrogen (secondary N) is 4. The Labute approximate surface area is 180 Å². The fourth-order valence-electron chi connectivity index (χ4n) is 4.23. The largest absolute Gasteiger partial charge is 0.379 e. The van der Waals surface area contributed by atoms with E-state index in [1.807, 2.05) is 4.57 Å². The van der Waals surface area contributed by atoms with Gasteiger partial charge in [-0.2, -0.15) is 0 Å². The minimum atomic E-state index is -0.716. The van der Waals surface area contributed by atoms with Gasteiger partial charge in [0, 0.05) is 24.9 Å². The standard InChI is InChI=1S/C22H28F2N6O/c1-14(26-16-5-3-2-4-6-16)27-21-20(12-25)29-22(30(21)17-9-10-31-13-17)28-19-8-7-15(23)11-18(19)24/h7-8,11-12,16-17,25-27H,1-6,9-10,13H2,(H,28,29)/t17-/m0/s1. The first-order chi connectivity index (χ1) is 15.0. The second-order valence-electron chi connectivity index (χ2n) is 8.03. The van der Waals surface area contributed by atoms with Gasteiger partial charge in [-0.1, -0.05) is 25.8 Å². The molecule has 1 saturated heterocycles. The molecule has 1 atom stereocenters. The molecule has 1 aliphatic carbocycles. The van der Waals surface area contributed by atoms with Crippen molar-refractivity contribution in [1.29, 1.82) is 5.41 Å². The highest BCUT2D eigenvalue weighted by atomic mass is 19.1. The van der Waals surface area contributed by atoms with Crippen molar-refractivity contribution in [3.8, 4) is 0 Å². The van der Waals surface area contributed by atoms with Gasteiger partial charge < -0.3 is 26.1 Å². The molecule has 1 aromatic carbocycles. The van der Waals surface area contributed by atoms with Crippen molar-refractivity contribution in [2.75, 3.05) is 23.8 Å². The van der Waals surface area contributed by atoms with Crippen molar-refractivity contribution in [1.82, 2.24) is 14.9 Å². The van der Waals surface area contributed by atoms with E-state index in [0.717, 1.165) is 31.5 Å². The summed E-state index contributed by atoms with van der Waals surface area (Å²) < 4.78 is 35.0. The average Bonchev–Trinajstić information content (AvgIpc) is 3.38. The van der Waals surface area contributed by atoms with Crippen LogP contribution in [0.4, 0.5) is 26.2 Å². The number of hydrogen-bond donors (Lipinski definition) is 4. The summed E-state index contributed by atoms with van der Waals surface area (Å²) in [6.07, 6.45) is 7.77. The van der Waals surface area contributed by atoms with Gasteiger partial charge in [0.05, 0.1) is 24.2 Å². The van der Waals surface area contributed by atoms with Gasteiger partial charge >= 0.3 is 0 Å². The van der Waals surface area contributed by atoms with Crippen LogP contribution in [0.5, 0.6) is 0 Å². The van der Waals surface area contributed by atoms with Gasteiger partial charge in [0.25, 0.3) is 0 Å². The van der Waals surface area contributed by atoms with Crippen molar-refractivity contribution < 1.29 is 13.5 Å². The zero-order chi connectivity index (χ0) is 21.8. The number of ether oxygens (including phenoxy) is 1. The molecule has 0 amide bonds. The van der Waals surface area contributed by atoms with Crippen molar-refractivity contribution >= 4 is 23.7 Å². The lowest BCUT2D eigenvalue weighted by molar-refractivity contribution is 0.187. The van der Waals surface area contributed by atoms with Gasteiger partial charge in [0.2, 0.25) is 5.95 Å². The first-order valence-electron chi connectivity index (χ1n) is 10.7. The Morgan fingerprint density at radius 3 is 2.71 bits per heavy atom. The smallest absolute Gasteiger partial charge is 0.210 e. The molecule has 2 aliphatic rings. The van der Waals surface area contributed by atoms with Crippen molar-refractivity contribution in [3.63, 3.8) is 0 Å². The van der Waals surface area contributed by atoms with Crippen LogP contribution in [0.1, 0.15) is 50.3 Å². The predicted molar refractivity (Wildman–Crippen MR) is 117 cm³/mol. The number of hydrogen-bond acceptors (Lipinski definition) is 6. The van der Waals surface area contributed by atoms with E-state index in [4.69, 9.17) is 10.1 Å². The maximum Gasteiger partial charge on any atom is 0.210 e. The minimum absolute atomic E-state index is 0.0443. The summed E-state index contributed by atoms with van der Waals surface area (Å²) in [6.45, 7) is 5.20. The lowest BCUT2D eigenvalue weighted by Crippen LogP contribution is -2.33. The lowest BCUT2D eigenvalue weighted by Gasteiger charge is -2.26. The van der Waals surface area contributed by atoms with Crippen LogP contribution >= 0.6 is 0 Å². The highest BCUT2D eigenvalue weighted by Crippen LogP contribution is 2.33. The number of benzene rings is 1. The Morgan fingerprint density at radius 2 is 2.03 bits per heavy atom. The Bertz CT molecular complexity index is 948. The molecule has 0 radical (unpaired) electrons. The molecular weight excluding hydrogens is 402 g/mol. The molecule has 0 spiro atoms. The van der Waals surface area contributed by atoms with Gasteiger partial charge in [-0.15, -0.1) is 0 Å². The minimum Gasteiger partial charge on any atom is -0.379 e. The third kappa shape index (κ3) is 4.87. The SMILES string of the molecule is C=C(Nc1c(C=N)nc(Nc2ccc(F)cc2F)n1[C@H]1CCOC1)NC1CCCCC1. The highest BCUT2D eigenvalue weighted by Gasteiger charge is 2.27. The molecule has 166 valence electrons. The molecule has 2 heterocycles. The van der Waals surface area contributed by atoms with E-state index in [9.17, 15) is 8.78 Å². The fraction of sp³-hybridized carbons (Fsp3) is 0.455. The topological polar surface area (TPSA) is 87.0 Å². The van der Waals surface area contributed by atoms with Crippen LogP contribution in [0, 0.1) is 17.0 Å². The summed E-state index contributed by atoms with van der Waals surface area (Å²) in [4.78, 5) is 4.49. The molecule has 2 fully saturated rings. The Morgan fingerprint density at radius 1 is 1.23 bits per heavy atom. The average molecular weight is 431 g/mol. The molecule has 0 bridgehead atoms. The summed E-state index contributed by atoms with van der Waals surface area (Å²) >= 11 is 0. The first-order valence-corrected chi connectivity index (χ1v) is 10.7. The van der Waals surface area contributed by atoms with Gasteiger partial charge in [0.1, 0.15) is 23.1 Å². The van der Waals surface area contributed by atoms with Gasteiger partial charge in [-0.25, -0.2) is 13.8 Å². The zero-order valence-corrected chi connectivity index (χ0v) is 17.4. The number of anilines is 3. The van der Waals surface area contributed by atoms with E-state index < -0.39 is 11.6 Å². The number of nitrogens with zero attached hydrogens (tertiary/aromatic N) is 2. The highest BCUT2D eigenvalue weighted by molar-refractivity contribution is 5.84. The molecule has 1 aliphatic heterocycles. The van der Waals surface area contributed by atoms with Gasteiger partial charge in [-0.3, -0.25) is 4.57 Å². The number of imidazole rings is 1. The van der Waals surface area contributed by atoms with Crippen LogP contribution in [0.3, 0.4) is 0 Å². The van der Waals surface area contributed by atoms with E-state index in [-0.39, 0.29) is 11.7 Å². The number of rotatable bonds is 8. The van der Waals surface area contributed by atoms with E-state index in [2.05, 4.69) is 27.5 Å². The molecule has 9 heteroatoms. The molecule has 1 aromatic heterocycles. The summed E-state index contributed by atoms with van der Waals surface area (Å²) in [6, 6.07) is 3.66. The Hall–Kier alpha value is -2.94. The Balaban J connectivity index is 1.63. The first kappa shape index (κ1) is 21.3. The maximum atomic E-state index is 14.3. The van der Waals surface area contributed by atoms with Crippen LogP contribution in [-0.4, -0.2) is 35.0 Å². The monoisotopic (exact) mass is 430 g/mol. The number of aromatic nitrogens is 2. The van der Waals surface area contributed by atoms with Gasteiger partial charge in [-0.05, 0) is 31.4 Å². The molecule has 4 N–H and O–H groups in total. The molecule has 2 aromatic rings. The summed E-state index contributed by atoms with van der Waals surface area (Å²) in [5.74, 6) is 0.209. The van der Waals surface area contributed by atoms with Crippen molar-refractivity contribution in [3.05, 3.63) is 47.9 Å².